The Labute approximate surface area is 125 Å². The quantitative estimate of drug-likeness (QED) is 0.695. The van der Waals surface area contributed by atoms with Gasteiger partial charge in [0.1, 0.15) is 0 Å². The average molecular weight is 289 g/mol. The third-order valence-corrected chi connectivity index (χ3v) is 4.88. The van der Waals surface area contributed by atoms with E-state index in [1.54, 1.807) is 24.3 Å². The van der Waals surface area contributed by atoms with Crippen molar-refractivity contribution in [3.05, 3.63) is 24.3 Å². The van der Waals surface area contributed by atoms with Gasteiger partial charge in [-0.2, -0.15) is 0 Å². The zero-order chi connectivity index (χ0) is 14.9. The molecule has 0 radical (unpaired) electrons. The molecule has 0 spiro atoms. The number of aliphatic hydroxyl groups is 1. The number of amides is 2. The number of nitrogens with one attached hydrogen (secondary N) is 1. The van der Waals surface area contributed by atoms with Gasteiger partial charge in [0, 0.05) is 30.4 Å². The first-order valence-electron chi connectivity index (χ1n) is 7.71. The summed E-state index contributed by atoms with van der Waals surface area (Å²) >= 11 is 0. The first-order valence-corrected chi connectivity index (χ1v) is 7.71. The van der Waals surface area contributed by atoms with E-state index in [9.17, 15) is 9.90 Å². The molecule has 1 heterocycles. The molecule has 21 heavy (non-hydrogen) atoms. The van der Waals surface area contributed by atoms with Crippen molar-refractivity contribution in [2.24, 2.45) is 5.92 Å². The topological polar surface area (TPSA) is 78.6 Å². The molecule has 1 saturated heterocycles. The number of carbonyl (C=O) groups is 1. The number of benzene rings is 1. The third kappa shape index (κ3) is 2.97. The fraction of sp³-hybridized carbons (Fsp3) is 0.562. The molecule has 1 saturated carbocycles. The lowest BCUT2D eigenvalue weighted by molar-refractivity contribution is -0.0863. The Kier molecular flexibility index (Phi) is 3.76. The Morgan fingerprint density at radius 1 is 1.29 bits per heavy atom. The van der Waals surface area contributed by atoms with Crippen LogP contribution in [0, 0.1) is 5.92 Å². The molecule has 1 aromatic rings. The first kappa shape index (κ1) is 14.2. The molecule has 0 aromatic heterocycles. The minimum absolute atomic E-state index is 0.0904. The highest BCUT2D eigenvalue weighted by atomic mass is 16.3. The Bertz CT molecular complexity index is 517. The molecular formula is C16H23N3O2. The van der Waals surface area contributed by atoms with E-state index in [1.165, 1.54) is 0 Å². The number of nitrogens with two attached hydrogens (primary N) is 1. The normalized spacial score (nSPS) is 28.8. The van der Waals surface area contributed by atoms with Crippen molar-refractivity contribution in [2.45, 2.75) is 37.7 Å². The summed E-state index contributed by atoms with van der Waals surface area (Å²) in [5, 5.41) is 13.5. The smallest absolute Gasteiger partial charge is 0.321 e. The van der Waals surface area contributed by atoms with Gasteiger partial charge in [-0.3, -0.25) is 0 Å². The Balaban J connectivity index is 1.62. The van der Waals surface area contributed by atoms with Gasteiger partial charge in [-0.1, -0.05) is 12.8 Å². The number of hydrogen-bond donors (Lipinski definition) is 3. The highest BCUT2D eigenvalue weighted by Gasteiger charge is 2.43. The van der Waals surface area contributed by atoms with Crippen molar-refractivity contribution in [3.63, 3.8) is 0 Å². The predicted octanol–water partition coefficient (Wildman–Crippen LogP) is 2.43. The van der Waals surface area contributed by atoms with Crippen molar-refractivity contribution in [1.29, 1.82) is 0 Å². The maximum Gasteiger partial charge on any atom is 0.321 e. The van der Waals surface area contributed by atoms with Gasteiger partial charge in [0.2, 0.25) is 0 Å². The second kappa shape index (κ2) is 5.56. The van der Waals surface area contributed by atoms with Crippen LogP contribution in [0.5, 0.6) is 0 Å². The molecule has 1 aliphatic carbocycles. The van der Waals surface area contributed by atoms with Crippen molar-refractivity contribution < 1.29 is 9.90 Å². The average Bonchev–Trinajstić information content (AvgIpc) is 2.48. The number of likely N-dealkylation sites (tertiary alicyclic amines) is 1. The van der Waals surface area contributed by atoms with E-state index in [1.807, 2.05) is 4.90 Å². The molecule has 3 rings (SSSR count). The van der Waals surface area contributed by atoms with Crippen molar-refractivity contribution in [2.75, 3.05) is 24.1 Å². The molecule has 114 valence electrons. The van der Waals surface area contributed by atoms with Crippen LogP contribution in [0.25, 0.3) is 0 Å². The monoisotopic (exact) mass is 289 g/mol. The number of nitrogen functional groups attached to an aromatic ring is 1. The SMILES string of the molecule is Nc1ccc(NC(=O)N2CCC3(O)CCCCC3C2)cc1. The maximum atomic E-state index is 12.3. The zero-order valence-corrected chi connectivity index (χ0v) is 12.2. The number of fused-ring (bicyclic) bond motifs is 1. The fourth-order valence-corrected chi connectivity index (χ4v) is 3.52. The summed E-state index contributed by atoms with van der Waals surface area (Å²) in [6.07, 6.45) is 4.84. The van der Waals surface area contributed by atoms with E-state index in [2.05, 4.69) is 5.32 Å². The first-order chi connectivity index (χ1) is 10.1. The molecule has 5 heteroatoms. The van der Waals surface area contributed by atoms with Crippen molar-refractivity contribution in [3.8, 4) is 0 Å². The van der Waals surface area contributed by atoms with Crippen LogP contribution in [-0.4, -0.2) is 34.7 Å². The van der Waals surface area contributed by atoms with Gasteiger partial charge in [-0.15, -0.1) is 0 Å². The molecule has 2 fully saturated rings. The Morgan fingerprint density at radius 2 is 2.05 bits per heavy atom. The second-order valence-corrected chi connectivity index (χ2v) is 6.29. The summed E-state index contributed by atoms with van der Waals surface area (Å²) in [5.41, 5.74) is 6.52. The molecule has 2 atom stereocenters. The van der Waals surface area contributed by atoms with Gasteiger partial charge in [0.05, 0.1) is 5.60 Å². The van der Waals surface area contributed by atoms with E-state index >= 15 is 0 Å². The van der Waals surface area contributed by atoms with Crippen LogP contribution in [0.15, 0.2) is 24.3 Å². The van der Waals surface area contributed by atoms with Crippen molar-refractivity contribution in [1.82, 2.24) is 4.90 Å². The van der Waals surface area contributed by atoms with Crippen LogP contribution >= 0.6 is 0 Å². The summed E-state index contributed by atoms with van der Waals surface area (Å²) in [6, 6.07) is 7.05. The van der Waals surface area contributed by atoms with Crippen molar-refractivity contribution >= 4 is 17.4 Å². The largest absolute Gasteiger partial charge is 0.399 e. The van der Waals surface area contributed by atoms with Crippen LogP contribution in [0.3, 0.4) is 0 Å². The highest BCUT2D eigenvalue weighted by Crippen LogP contribution is 2.39. The molecule has 1 aromatic carbocycles. The molecule has 0 bridgehead atoms. The van der Waals surface area contributed by atoms with Crippen LogP contribution in [0.4, 0.5) is 16.2 Å². The fourth-order valence-electron chi connectivity index (χ4n) is 3.52. The lowest BCUT2D eigenvalue weighted by Crippen LogP contribution is -2.55. The van der Waals surface area contributed by atoms with Crippen LogP contribution in [0.1, 0.15) is 32.1 Å². The lowest BCUT2D eigenvalue weighted by atomic mass is 9.71. The van der Waals surface area contributed by atoms with Gasteiger partial charge in [0.15, 0.2) is 0 Å². The van der Waals surface area contributed by atoms with Gasteiger partial charge in [-0.05, 0) is 43.5 Å². The van der Waals surface area contributed by atoms with E-state index in [4.69, 9.17) is 5.73 Å². The van der Waals surface area contributed by atoms with E-state index in [0.29, 0.717) is 25.2 Å². The second-order valence-electron chi connectivity index (χ2n) is 6.29. The van der Waals surface area contributed by atoms with Crippen LogP contribution in [0.2, 0.25) is 0 Å². The Morgan fingerprint density at radius 3 is 2.81 bits per heavy atom. The number of nitrogens with zero attached hydrogens (tertiary/aromatic N) is 1. The Hall–Kier alpha value is -1.75. The van der Waals surface area contributed by atoms with E-state index in [-0.39, 0.29) is 11.9 Å². The summed E-state index contributed by atoms with van der Waals surface area (Å²) in [7, 11) is 0. The minimum Gasteiger partial charge on any atom is -0.399 e. The van der Waals surface area contributed by atoms with Gasteiger partial charge < -0.3 is 21.1 Å². The predicted molar refractivity (Wildman–Crippen MR) is 83.0 cm³/mol. The van der Waals surface area contributed by atoms with E-state index in [0.717, 1.165) is 31.4 Å². The number of rotatable bonds is 1. The molecular weight excluding hydrogens is 266 g/mol. The third-order valence-electron chi connectivity index (χ3n) is 4.88. The number of piperidine rings is 1. The summed E-state index contributed by atoms with van der Waals surface area (Å²) in [6.45, 7) is 1.27. The molecule has 2 unspecified atom stereocenters. The highest BCUT2D eigenvalue weighted by molar-refractivity contribution is 5.89. The summed E-state index contributed by atoms with van der Waals surface area (Å²) in [5.74, 6) is 0.220. The number of urea groups is 1. The standard InChI is InChI=1S/C16H23N3O2/c17-13-4-6-14(7-5-13)18-15(20)19-10-9-16(21)8-2-1-3-12(16)11-19/h4-7,12,21H,1-3,8-11,17H2,(H,18,20). The number of anilines is 2. The summed E-state index contributed by atoms with van der Waals surface area (Å²) < 4.78 is 0. The summed E-state index contributed by atoms with van der Waals surface area (Å²) in [4.78, 5) is 14.2. The van der Waals surface area contributed by atoms with Gasteiger partial charge in [-0.25, -0.2) is 4.79 Å². The zero-order valence-electron chi connectivity index (χ0n) is 12.2. The van der Waals surface area contributed by atoms with Crippen LogP contribution in [-0.2, 0) is 0 Å². The number of hydrogen-bond acceptors (Lipinski definition) is 3. The molecule has 2 aliphatic rings. The lowest BCUT2D eigenvalue weighted by Gasteiger charge is -2.47. The van der Waals surface area contributed by atoms with Gasteiger partial charge in [0.25, 0.3) is 0 Å². The molecule has 2 amide bonds. The minimum atomic E-state index is -0.545. The molecule has 1 aliphatic heterocycles. The van der Waals surface area contributed by atoms with Gasteiger partial charge >= 0.3 is 6.03 Å². The number of carbonyl (C=O) groups excluding carboxylic acids is 1. The molecule has 5 nitrogen and oxygen atoms in total. The maximum absolute atomic E-state index is 12.3. The van der Waals surface area contributed by atoms with E-state index < -0.39 is 5.60 Å². The van der Waals surface area contributed by atoms with Crippen LogP contribution < -0.4 is 11.1 Å². The molecule has 4 N–H and O–H groups in total.